The van der Waals surface area contributed by atoms with Gasteiger partial charge in [-0.15, -0.1) is 0 Å². The van der Waals surface area contributed by atoms with Crippen molar-refractivity contribution >= 4 is 11.8 Å². The maximum atomic E-state index is 13.5. The molecule has 1 aliphatic heterocycles. The monoisotopic (exact) mass is 460 g/mol. The Kier molecular flexibility index (Phi) is 5.61. The van der Waals surface area contributed by atoms with Gasteiger partial charge in [0.15, 0.2) is 0 Å². The van der Waals surface area contributed by atoms with Gasteiger partial charge in [0.1, 0.15) is 5.75 Å². The van der Waals surface area contributed by atoms with Crippen molar-refractivity contribution in [1.82, 2.24) is 20.4 Å². The van der Waals surface area contributed by atoms with Crippen LogP contribution in [-0.2, 0) is 0 Å². The molecule has 0 bridgehead atoms. The Morgan fingerprint density at radius 3 is 2.71 bits per heavy atom. The zero-order chi connectivity index (χ0) is 23.9. The molecule has 34 heavy (non-hydrogen) atoms. The standard InChI is InChI=1S/C26H28N4O4/c1-26(29-24(32)16-6-4-3-5-7-16)12-21(26)22-11-19(31)15-30(22)25(33)17-8-9-20(23(10-17)34-2)18-13-27-28-14-18/h3-10,13-14,19,21-22,31H,11-12,15H2,1-2H3,(H,27,28)(H,29,32)/t19-,21?,22-,26?/m1/s1. The van der Waals surface area contributed by atoms with Gasteiger partial charge < -0.3 is 20.1 Å². The van der Waals surface area contributed by atoms with E-state index in [-0.39, 0.29) is 30.3 Å². The smallest absolute Gasteiger partial charge is 0.254 e. The summed E-state index contributed by atoms with van der Waals surface area (Å²) < 4.78 is 5.54. The summed E-state index contributed by atoms with van der Waals surface area (Å²) in [7, 11) is 1.57. The summed E-state index contributed by atoms with van der Waals surface area (Å²) in [6.45, 7) is 2.28. The average molecular weight is 461 g/mol. The molecule has 1 aliphatic carbocycles. The number of H-pyrrole nitrogens is 1. The Balaban J connectivity index is 1.34. The lowest BCUT2D eigenvalue weighted by Gasteiger charge is -2.27. The van der Waals surface area contributed by atoms with Crippen LogP contribution >= 0.6 is 0 Å². The first-order chi connectivity index (χ1) is 16.4. The summed E-state index contributed by atoms with van der Waals surface area (Å²) >= 11 is 0. The summed E-state index contributed by atoms with van der Waals surface area (Å²) in [6.07, 6.45) is 4.14. The minimum atomic E-state index is -0.587. The molecule has 3 N–H and O–H groups in total. The van der Waals surface area contributed by atoms with Crippen molar-refractivity contribution in [3.05, 3.63) is 72.1 Å². The van der Waals surface area contributed by atoms with E-state index >= 15 is 0 Å². The predicted octanol–water partition coefficient (Wildman–Crippen LogP) is 2.87. The maximum Gasteiger partial charge on any atom is 0.254 e. The van der Waals surface area contributed by atoms with Gasteiger partial charge in [0.05, 0.1) is 19.4 Å². The van der Waals surface area contributed by atoms with Gasteiger partial charge in [-0.25, -0.2) is 0 Å². The summed E-state index contributed by atoms with van der Waals surface area (Å²) in [5.41, 5.74) is 2.40. The number of ether oxygens (including phenoxy) is 1. The molecule has 1 saturated carbocycles. The molecule has 0 radical (unpaired) electrons. The second-order valence-corrected chi connectivity index (χ2v) is 9.36. The number of rotatable bonds is 6. The number of carbonyl (C=O) groups excluding carboxylic acids is 2. The zero-order valence-corrected chi connectivity index (χ0v) is 19.2. The van der Waals surface area contributed by atoms with Gasteiger partial charge in [0.2, 0.25) is 0 Å². The number of aromatic nitrogens is 2. The molecule has 1 saturated heterocycles. The van der Waals surface area contributed by atoms with Crippen molar-refractivity contribution in [1.29, 1.82) is 0 Å². The molecule has 8 nitrogen and oxygen atoms in total. The first-order valence-corrected chi connectivity index (χ1v) is 11.4. The van der Waals surface area contributed by atoms with Gasteiger partial charge in [0.25, 0.3) is 11.8 Å². The summed E-state index contributed by atoms with van der Waals surface area (Å²) in [4.78, 5) is 28.0. The van der Waals surface area contributed by atoms with Gasteiger partial charge in [-0.3, -0.25) is 14.7 Å². The van der Waals surface area contributed by atoms with Crippen LogP contribution in [-0.4, -0.2) is 63.4 Å². The third-order valence-corrected chi connectivity index (χ3v) is 7.04. The Bertz CT molecular complexity index is 1200. The van der Waals surface area contributed by atoms with Crippen LogP contribution in [0.1, 0.15) is 40.5 Å². The lowest BCUT2D eigenvalue weighted by Crippen LogP contribution is -2.43. The molecule has 4 atom stereocenters. The highest BCUT2D eigenvalue weighted by Crippen LogP contribution is 2.50. The number of aliphatic hydroxyl groups excluding tert-OH is 1. The molecule has 5 rings (SSSR count). The van der Waals surface area contributed by atoms with Crippen LogP contribution in [0.3, 0.4) is 0 Å². The number of methoxy groups -OCH3 is 1. The van der Waals surface area contributed by atoms with E-state index in [2.05, 4.69) is 15.5 Å². The highest BCUT2D eigenvalue weighted by atomic mass is 16.5. The SMILES string of the molecule is COc1cc(C(=O)N2C[C@H](O)C[C@@H]2C2CC2(C)NC(=O)c2ccccc2)ccc1-c1cn[nH]c1. The van der Waals surface area contributed by atoms with Crippen LogP contribution < -0.4 is 10.1 Å². The van der Waals surface area contributed by atoms with Gasteiger partial charge in [-0.2, -0.15) is 5.10 Å². The number of hydrogen-bond donors (Lipinski definition) is 3. The molecule has 2 aromatic carbocycles. The fraction of sp³-hybridized carbons (Fsp3) is 0.346. The second-order valence-electron chi connectivity index (χ2n) is 9.36. The normalized spacial score (nSPS) is 25.7. The van der Waals surface area contributed by atoms with Crippen molar-refractivity contribution in [2.24, 2.45) is 5.92 Å². The molecule has 8 heteroatoms. The highest BCUT2D eigenvalue weighted by molar-refractivity contribution is 5.96. The van der Waals surface area contributed by atoms with Crippen molar-refractivity contribution in [3.63, 3.8) is 0 Å². The molecular weight excluding hydrogens is 432 g/mol. The van der Waals surface area contributed by atoms with Crippen molar-refractivity contribution in [2.45, 2.75) is 37.5 Å². The maximum absolute atomic E-state index is 13.5. The van der Waals surface area contributed by atoms with E-state index in [4.69, 9.17) is 4.74 Å². The Hall–Kier alpha value is -3.65. The Labute approximate surface area is 197 Å². The number of nitrogens with one attached hydrogen (secondary N) is 2. The van der Waals surface area contributed by atoms with Crippen molar-refractivity contribution < 1.29 is 19.4 Å². The number of nitrogens with zero attached hydrogens (tertiary/aromatic N) is 2. The van der Waals surface area contributed by atoms with Crippen LogP contribution in [0, 0.1) is 5.92 Å². The van der Waals surface area contributed by atoms with Crippen LogP contribution in [0.4, 0.5) is 0 Å². The number of benzene rings is 2. The first-order valence-electron chi connectivity index (χ1n) is 11.4. The quantitative estimate of drug-likeness (QED) is 0.524. The van der Waals surface area contributed by atoms with Crippen LogP contribution in [0.5, 0.6) is 5.75 Å². The van der Waals surface area contributed by atoms with Gasteiger partial charge in [-0.05, 0) is 50.1 Å². The predicted molar refractivity (Wildman–Crippen MR) is 126 cm³/mol. The Morgan fingerprint density at radius 2 is 2.00 bits per heavy atom. The fourth-order valence-electron chi connectivity index (χ4n) is 5.11. The number of aliphatic hydroxyl groups is 1. The minimum Gasteiger partial charge on any atom is -0.496 e. The Morgan fingerprint density at radius 1 is 1.21 bits per heavy atom. The summed E-state index contributed by atoms with van der Waals surface area (Å²) in [6, 6.07) is 14.3. The topological polar surface area (TPSA) is 108 Å². The fourth-order valence-corrected chi connectivity index (χ4v) is 5.11. The lowest BCUT2D eigenvalue weighted by molar-refractivity contribution is 0.0695. The van der Waals surface area contributed by atoms with Gasteiger partial charge in [-0.1, -0.05) is 18.2 Å². The van der Waals surface area contributed by atoms with Gasteiger partial charge in [0, 0.05) is 52.5 Å². The molecule has 2 amide bonds. The minimum absolute atomic E-state index is 0.0772. The van der Waals surface area contributed by atoms with E-state index in [1.165, 1.54) is 0 Å². The summed E-state index contributed by atoms with van der Waals surface area (Å²) in [5.74, 6) is 0.382. The average Bonchev–Trinajstić information content (AvgIpc) is 3.20. The van der Waals surface area contributed by atoms with Crippen LogP contribution in [0.15, 0.2) is 60.9 Å². The molecule has 1 aromatic heterocycles. The zero-order valence-electron chi connectivity index (χ0n) is 19.2. The number of β-amino-alcohol motifs (C(OH)–C–C–N with tert-alkyl or cyclic N) is 1. The largest absolute Gasteiger partial charge is 0.496 e. The van der Waals surface area contributed by atoms with Crippen molar-refractivity contribution in [3.8, 4) is 16.9 Å². The van der Waals surface area contributed by atoms with E-state index < -0.39 is 11.6 Å². The molecule has 3 aromatic rings. The molecule has 176 valence electrons. The number of hydrogen-bond acceptors (Lipinski definition) is 5. The van der Waals surface area contributed by atoms with E-state index in [9.17, 15) is 14.7 Å². The van der Waals surface area contributed by atoms with Crippen LogP contribution in [0.2, 0.25) is 0 Å². The molecule has 2 aliphatic rings. The molecule has 2 unspecified atom stereocenters. The van der Waals surface area contributed by atoms with E-state index in [1.54, 1.807) is 48.7 Å². The van der Waals surface area contributed by atoms with Crippen LogP contribution in [0.25, 0.3) is 11.1 Å². The third-order valence-electron chi connectivity index (χ3n) is 7.04. The highest BCUT2D eigenvalue weighted by Gasteiger charge is 2.58. The van der Waals surface area contributed by atoms with E-state index in [0.717, 1.165) is 17.5 Å². The molecule has 2 heterocycles. The van der Waals surface area contributed by atoms with E-state index in [1.807, 2.05) is 31.2 Å². The molecular formula is C26H28N4O4. The number of amides is 2. The number of aromatic amines is 1. The van der Waals surface area contributed by atoms with Crippen molar-refractivity contribution in [2.75, 3.05) is 13.7 Å². The van der Waals surface area contributed by atoms with Gasteiger partial charge >= 0.3 is 0 Å². The first kappa shape index (κ1) is 22.2. The molecule has 0 spiro atoms. The second kappa shape index (κ2) is 8.61. The van der Waals surface area contributed by atoms with E-state index in [0.29, 0.717) is 23.3 Å². The molecule has 2 fully saturated rings. The lowest BCUT2D eigenvalue weighted by atomic mass is 10.0. The third kappa shape index (κ3) is 4.05. The summed E-state index contributed by atoms with van der Waals surface area (Å²) in [5, 5.41) is 20.3. The number of likely N-dealkylation sites (tertiary alicyclic amines) is 1. The number of carbonyl (C=O) groups is 2.